The van der Waals surface area contributed by atoms with Crippen molar-refractivity contribution in [2.24, 2.45) is 0 Å². The number of rotatable bonds is 3. The van der Waals surface area contributed by atoms with Crippen molar-refractivity contribution in [2.75, 3.05) is 5.32 Å². The molecule has 0 atom stereocenters. The summed E-state index contributed by atoms with van der Waals surface area (Å²) in [5.74, 6) is -0.358. The van der Waals surface area contributed by atoms with Crippen molar-refractivity contribution in [2.45, 2.75) is 13.5 Å². The largest absolute Gasteiger partial charge is 0.381 e. The van der Waals surface area contributed by atoms with Crippen molar-refractivity contribution in [3.8, 4) is 6.07 Å². The molecule has 18 heavy (non-hydrogen) atoms. The zero-order valence-electron chi connectivity index (χ0n) is 9.63. The molecule has 0 aliphatic carbocycles. The summed E-state index contributed by atoms with van der Waals surface area (Å²) in [6, 6.07) is 6.88. The first-order chi connectivity index (χ1) is 8.60. The highest BCUT2D eigenvalue weighted by atomic mass is 79.9. The fraction of sp³-hybridized carbons (Fsp3) is 0.154. The summed E-state index contributed by atoms with van der Waals surface area (Å²) in [7, 11) is 0. The molecule has 0 fully saturated rings. The maximum Gasteiger partial charge on any atom is 0.129 e. The maximum absolute atomic E-state index is 13.6. The topological polar surface area (TPSA) is 35.8 Å². The summed E-state index contributed by atoms with van der Waals surface area (Å²) in [6.07, 6.45) is 0. The van der Waals surface area contributed by atoms with Gasteiger partial charge in [0.1, 0.15) is 5.82 Å². The van der Waals surface area contributed by atoms with Crippen LogP contribution >= 0.6 is 27.3 Å². The van der Waals surface area contributed by atoms with Crippen molar-refractivity contribution in [1.82, 2.24) is 0 Å². The van der Waals surface area contributed by atoms with E-state index < -0.39 is 0 Å². The van der Waals surface area contributed by atoms with E-state index >= 15 is 0 Å². The number of nitrogens with zero attached hydrogens (tertiary/aromatic N) is 1. The van der Waals surface area contributed by atoms with E-state index in [0.29, 0.717) is 23.4 Å². The van der Waals surface area contributed by atoms with Gasteiger partial charge in [0.25, 0.3) is 0 Å². The Morgan fingerprint density at radius 1 is 1.44 bits per heavy atom. The van der Waals surface area contributed by atoms with Crippen molar-refractivity contribution in [3.63, 3.8) is 0 Å². The second-order valence-electron chi connectivity index (χ2n) is 3.86. The van der Waals surface area contributed by atoms with Gasteiger partial charge in [-0.25, -0.2) is 4.39 Å². The molecule has 0 aliphatic rings. The number of hydrogen-bond acceptors (Lipinski definition) is 3. The van der Waals surface area contributed by atoms with E-state index in [9.17, 15) is 4.39 Å². The average molecular weight is 325 g/mol. The fourth-order valence-corrected chi connectivity index (χ4v) is 2.77. The summed E-state index contributed by atoms with van der Waals surface area (Å²) < 4.78 is 14.6. The van der Waals surface area contributed by atoms with Crippen LogP contribution < -0.4 is 5.32 Å². The quantitative estimate of drug-likeness (QED) is 0.905. The van der Waals surface area contributed by atoms with Crippen LogP contribution in [0.4, 0.5) is 10.1 Å². The van der Waals surface area contributed by atoms with E-state index in [1.807, 2.05) is 17.5 Å². The molecule has 0 radical (unpaired) electrons. The minimum absolute atomic E-state index is 0.326. The van der Waals surface area contributed by atoms with Gasteiger partial charge in [0.05, 0.1) is 15.4 Å². The highest BCUT2D eigenvalue weighted by Crippen LogP contribution is 2.24. The standard InChI is InChI=1S/C13H10BrFN2S/c1-8-11(15)2-9(5-16)3-12(8)17-6-10-4-13(14)18-7-10/h2-4,7,17H,6H2,1H3. The zero-order chi connectivity index (χ0) is 13.1. The average Bonchev–Trinajstić information content (AvgIpc) is 2.77. The first kappa shape index (κ1) is 13.1. The Labute approximate surface area is 117 Å². The summed E-state index contributed by atoms with van der Waals surface area (Å²) >= 11 is 5.00. The number of benzene rings is 1. The molecule has 2 aromatic rings. The van der Waals surface area contributed by atoms with E-state index in [2.05, 4.69) is 21.2 Å². The van der Waals surface area contributed by atoms with Gasteiger partial charge in [0.15, 0.2) is 0 Å². The lowest BCUT2D eigenvalue weighted by molar-refractivity contribution is 0.618. The lowest BCUT2D eigenvalue weighted by Gasteiger charge is -2.10. The Kier molecular flexibility index (Phi) is 4.00. The molecule has 0 unspecified atom stereocenters. The van der Waals surface area contributed by atoms with E-state index in [-0.39, 0.29) is 5.82 Å². The molecule has 0 spiro atoms. The lowest BCUT2D eigenvalue weighted by Crippen LogP contribution is -2.02. The number of thiophene rings is 1. The van der Waals surface area contributed by atoms with Crippen molar-refractivity contribution in [1.29, 1.82) is 5.26 Å². The molecule has 2 nitrogen and oxygen atoms in total. The summed E-state index contributed by atoms with van der Waals surface area (Å²) in [5, 5.41) is 14.0. The third-order valence-corrected chi connectivity index (χ3v) is 4.13. The highest BCUT2D eigenvalue weighted by molar-refractivity contribution is 9.11. The Morgan fingerprint density at radius 3 is 2.83 bits per heavy atom. The second kappa shape index (κ2) is 5.51. The van der Waals surface area contributed by atoms with Gasteiger partial charge in [-0.1, -0.05) is 0 Å². The summed E-state index contributed by atoms with van der Waals surface area (Å²) in [5.41, 5.74) is 2.64. The minimum atomic E-state index is -0.358. The first-order valence-corrected chi connectivity index (χ1v) is 6.94. The Bertz CT molecular complexity index is 616. The highest BCUT2D eigenvalue weighted by Gasteiger charge is 2.07. The third-order valence-electron chi connectivity index (χ3n) is 2.58. The number of nitrogens with one attached hydrogen (secondary N) is 1. The Hall–Kier alpha value is -1.38. The van der Waals surface area contributed by atoms with Gasteiger partial charge >= 0.3 is 0 Å². The number of halogens is 2. The fourth-order valence-electron chi connectivity index (χ4n) is 1.56. The maximum atomic E-state index is 13.6. The van der Waals surface area contributed by atoms with Crippen LogP contribution in [0.5, 0.6) is 0 Å². The molecule has 0 saturated heterocycles. The molecule has 1 heterocycles. The van der Waals surface area contributed by atoms with Crippen LogP contribution in [0.15, 0.2) is 27.4 Å². The van der Waals surface area contributed by atoms with Crippen LogP contribution in [0, 0.1) is 24.1 Å². The van der Waals surface area contributed by atoms with Crippen LogP contribution in [0.2, 0.25) is 0 Å². The van der Waals surface area contributed by atoms with Crippen molar-refractivity contribution < 1.29 is 4.39 Å². The van der Waals surface area contributed by atoms with Gasteiger partial charge in [0, 0.05) is 17.8 Å². The molecule has 1 aromatic heterocycles. The van der Waals surface area contributed by atoms with E-state index in [0.717, 1.165) is 9.35 Å². The zero-order valence-corrected chi connectivity index (χ0v) is 12.0. The van der Waals surface area contributed by atoms with Gasteiger partial charge in [-0.15, -0.1) is 11.3 Å². The smallest absolute Gasteiger partial charge is 0.129 e. The molecule has 92 valence electrons. The van der Waals surface area contributed by atoms with Crippen LogP contribution in [-0.2, 0) is 6.54 Å². The molecule has 5 heteroatoms. The molecule has 0 amide bonds. The predicted octanol–water partition coefficient (Wildman–Crippen LogP) is 4.44. The molecule has 1 N–H and O–H groups in total. The SMILES string of the molecule is Cc1c(F)cc(C#N)cc1NCc1csc(Br)c1. The Morgan fingerprint density at radius 2 is 2.22 bits per heavy atom. The molecular weight excluding hydrogens is 315 g/mol. The minimum Gasteiger partial charge on any atom is -0.381 e. The van der Waals surface area contributed by atoms with Gasteiger partial charge in [-0.3, -0.25) is 0 Å². The van der Waals surface area contributed by atoms with Gasteiger partial charge < -0.3 is 5.32 Å². The van der Waals surface area contributed by atoms with Crippen LogP contribution in [0.25, 0.3) is 0 Å². The lowest BCUT2D eigenvalue weighted by atomic mass is 10.1. The van der Waals surface area contributed by atoms with Gasteiger partial charge in [0.2, 0.25) is 0 Å². The molecule has 1 aromatic carbocycles. The summed E-state index contributed by atoms with van der Waals surface area (Å²) in [6.45, 7) is 2.31. The number of hydrogen-bond donors (Lipinski definition) is 1. The van der Waals surface area contributed by atoms with Crippen molar-refractivity contribution >= 4 is 33.0 Å². The molecular formula is C13H10BrFN2S. The third kappa shape index (κ3) is 2.89. The van der Waals surface area contributed by atoms with E-state index in [1.54, 1.807) is 24.3 Å². The van der Waals surface area contributed by atoms with Crippen molar-refractivity contribution in [3.05, 3.63) is 49.9 Å². The van der Waals surface area contributed by atoms with Crippen LogP contribution in [0.1, 0.15) is 16.7 Å². The number of anilines is 1. The normalized spacial score (nSPS) is 10.1. The molecule has 0 saturated carbocycles. The van der Waals surface area contributed by atoms with Gasteiger partial charge in [-0.05, 0) is 52.0 Å². The first-order valence-electron chi connectivity index (χ1n) is 5.27. The monoisotopic (exact) mass is 324 g/mol. The second-order valence-corrected chi connectivity index (χ2v) is 6.15. The van der Waals surface area contributed by atoms with E-state index in [1.165, 1.54) is 6.07 Å². The molecule has 0 bridgehead atoms. The summed E-state index contributed by atoms with van der Waals surface area (Å²) in [4.78, 5) is 0. The molecule has 2 rings (SSSR count). The van der Waals surface area contributed by atoms with Gasteiger partial charge in [-0.2, -0.15) is 5.26 Å². The van der Waals surface area contributed by atoms with Crippen LogP contribution in [-0.4, -0.2) is 0 Å². The molecule has 0 aliphatic heterocycles. The Balaban J connectivity index is 2.19. The van der Waals surface area contributed by atoms with Crippen LogP contribution in [0.3, 0.4) is 0 Å². The van der Waals surface area contributed by atoms with E-state index in [4.69, 9.17) is 5.26 Å². The predicted molar refractivity (Wildman–Crippen MR) is 75.2 cm³/mol. The number of nitriles is 1.